The Morgan fingerprint density at radius 1 is 0.696 bits per heavy atom. The quantitative estimate of drug-likeness (QED) is 0.100. The molecule has 3 aliphatic carbocycles. The summed E-state index contributed by atoms with van der Waals surface area (Å²) < 4.78 is 4.82. The molecule has 7 aromatic rings. The number of alkyl carbamates (subject to hydrolysis) is 1. The highest BCUT2D eigenvalue weighted by molar-refractivity contribution is 6.07. The van der Waals surface area contributed by atoms with Crippen molar-refractivity contribution in [3.05, 3.63) is 108 Å². The number of hydrogen-bond donors (Lipinski definition) is 4. The number of imidazole rings is 2. The molecule has 4 heterocycles. The second-order valence-electron chi connectivity index (χ2n) is 20.9. The van der Waals surface area contributed by atoms with E-state index in [0.29, 0.717) is 18.4 Å². The second-order valence-corrected chi connectivity index (χ2v) is 20.9. The number of carbonyl (C=O) groups excluding carboxylic acids is 4. The molecular weight excluding hydrogens is 865 g/mol. The summed E-state index contributed by atoms with van der Waals surface area (Å²) >= 11 is 0. The SMILES string of the molecule is COC(=O)N[C@H](C(=O)N1CCC[C@H]1c1nc2ccc3cc(-c4ccc5c(ccc6nc([C@@H]7[C@H]8CC[C@H](C8)N7C(=O)[C@H](NC(=O)C7CC7)c7ccc(C8CCCC8)cc7)[nH]c65)c4)ccc3c2[nH]1)C(C)C. The van der Waals surface area contributed by atoms with Crippen LogP contribution in [0.2, 0.25) is 0 Å². The first-order chi connectivity index (χ1) is 33.6. The number of fused-ring (bicyclic) bond motifs is 8. The lowest BCUT2D eigenvalue weighted by molar-refractivity contribution is -0.141. The van der Waals surface area contributed by atoms with Crippen LogP contribution in [-0.2, 0) is 19.1 Å². The number of benzene rings is 5. The zero-order valence-corrected chi connectivity index (χ0v) is 39.6. The maximum absolute atomic E-state index is 15.0. The average Bonchev–Trinajstić information content (AvgIpc) is 4.07. The van der Waals surface area contributed by atoms with E-state index in [2.05, 4.69) is 104 Å². The number of nitrogens with one attached hydrogen (secondary N) is 4. The summed E-state index contributed by atoms with van der Waals surface area (Å²) in [5.74, 6) is 2.13. The number of piperidine rings is 1. The predicted octanol–water partition coefficient (Wildman–Crippen LogP) is 10.4. The number of methoxy groups -OCH3 is 1. The molecule has 3 saturated carbocycles. The highest BCUT2D eigenvalue weighted by Crippen LogP contribution is 2.51. The molecule has 2 aliphatic heterocycles. The molecule has 0 spiro atoms. The molecule has 2 saturated heterocycles. The van der Waals surface area contributed by atoms with Crippen LogP contribution in [0.3, 0.4) is 0 Å². The van der Waals surface area contributed by atoms with E-state index in [1.165, 1.54) is 38.4 Å². The highest BCUT2D eigenvalue weighted by atomic mass is 16.5. The lowest BCUT2D eigenvalue weighted by Gasteiger charge is -2.37. The van der Waals surface area contributed by atoms with Crippen LogP contribution in [0.25, 0.3) is 54.7 Å². The minimum absolute atomic E-state index is 0.00517. The fraction of sp³-hybridized carbons (Fsp3) is 0.429. The number of ether oxygens (including phenoxy) is 1. The van der Waals surface area contributed by atoms with Gasteiger partial charge in [0, 0.05) is 29.3 Å². The van der Waals surface area contributed by atoms with Gasteiger partial charge in [-0.05, 0) is 133 Å². The molecule has 69 heavy (non-hydrogen) atoms. The molecule has 5 aromatic carbocycles. The Bertz CT molecular complexity index is 3170. The zero-order valence-electron chi connectivity index (χ0n) is 39.6. The van der Waals surface area contributed by atoms with Gasteiger partial charge in [-0.1, -0.05) is 87.4 Å². The zero-order chi connectivity index (χ0) is 47.1. The normalized spacial score (nSPS) is 22.4. The molecule has 4 N–H and O–H groups in total. The van der Waals surface area contributed by atoms with Gasteiger partial charge >= 0.3 is 6.09 Å². The Labute approximate surface area is 401 Å². The van der Waals surface area contributed by atoms with Crippen LogP contribution >= 0.6 is 0 Å². The number of aromatic nitrogens is 4. The summed E-state index contributed by atoms with van der Waals surface area (Å²) in [6.07, 6.45) is 10.7. The monoisotopic (exact) mass is 924 g/mol. The summed E-state index contributed by atoms with van der Waals surface area (Å²) in [5, 5.41) is 10.2. The number of likely N-dealkylation sites (tertiary alicyclic amines) is 2. The number of amides is 4. The second kappa shape index (κ2) is 17.3. The summed E-state index contributed by atoms with van der Waals surface area (Å²) in [6.45, 7) is 4.43. The number of rotatable bonds is 11. The molecule has 354 valence electrons. The van der Waals surface area contributed by atoms with Crippen molar-refractivity contribution in [3.8, 4) is 11.1 Å². The van der Waals surface area contributed by atoms with Gasteiger partial charge in [0.2, 0.25) is 11.8 Å². The fourth-order valence-electron chi connectivity index (χ4n) is 12.4. The first kappa shape index (κ1) is 43.5. The van der Waals surface area contributed by atoms with E-state index in [9.17, 15) is 19.2 Å². The number of nitrogens with zero attached hydrogens (tertiary/aromatic N) is 4. The third-order valence-electron chi connectivity index (χ3n) is 16.3. The summed E-state index contributed by atoms with van der Waals surface area (Å²) in [6, 6.07) is 28.2. The molecule has 6 atom stereocenters. The van der Waals surface area contributed by atoms with Gasteiger partial charge in [-0.25, -0.2) is 14.8 Å². The summed E-state index contributed by atoms with van der Waals surface area (Å²) in [4.78, 5) is 75.7. The van der Waals surface area contributed by atoms with Crippen LogP contribution in [0.15, 0.2) is 84.9 Å². The van der Waals surface area contributed by atoms with E-state index in [0.717, 1.165) is 117 Å². The molecule has 13 nitrogen and oxygen atoms in total. The average molecular weight is 925 g/mol. The van der Waals surface area contributed by atoms with Crippen LogP contribution in [0.4, 0.5) is 4.79 Å². The largest absolute Gasteiger partial charge is 0.453 e. The van der Waals surface area contributed by atoms with Crippen molar-refractivity contribution in [2.75, 3.05) is 13.7 Å². The first-order valence-electron chi connectivity index (χ1n) is 25.3. The molecule has 2 aromatic heterocycles. The lowest BCUT2D eigenvalue weighted by Crippen LogP contribution is -2.51. The fourth-order valence-corrected chi connectivity index (χ4v) is 12.4. The van der Waals surface area contributed by atoms with Gasteiger partial charge in [-0.3, -0.25) is 14.4 Å². The van der Waals surface area contributed by atoms with Crippen molar-refractivity contribution >= 4 is 67.4 Å². The molecule has 4 amide bonds. The molecule has 2 bridgehead atoms. The number of carbonyl (C=O) groups is 4. The van der Waals surface area contributed by atoms with E-state index in [4.69, 9.17) is 14.7 Å². The van der Waals surface area contributed by atoms with E-state index in [1.807, 2.05) is 24.8 Å². The number of aromatic amines is 2. The number of hydrogen-bond acceptors (Lipinski definition) is 7. The molecule has 12 rings (SSSR count). The molecule has 13 heteroatoms. The minimum atomic E-state index is -0.735. The van der Waals surface area contributed by atoms with Crippen LogP contribution in [0.5, 0.6) is 0 Å². The van der Waals surface area contributed by atoms with Gasteiger partial charge in [-0.2, -0.15) is 0 Å². The van der Waals surface area contributed by atoms with Gasteiger partial charge in [0.15, 0.2) is 0 Å². The standard InChI is InChI=1S/C56H60N8O5/c1-30(2)46(62-56(68)69-3)54(66)63-26-6-9-45(63)51-57-43-24-19-37-27-35(17-22-41(37)48(43)59-51)36-18-23-42-38(28-36)20-25-44-49(42)60-52(58-44)50-39-16-21-40(29-39)64(50)55(67)47(61-53(65)34-14-15-34)33-12-10-32(11-13-33)31-7-4-5-8-31/h10-13,17-20,22-25,27-28,30-31,34,39-40,45-47,50H,4-9,14-16,21,26,29H2,1-3H3,(H,57,59)(H,58,60)(H,61,65)(H,62,68)/t39-,40+,45-,46-,47+,50-/m0/s1. The third-order valence-corrected chi connectivity index (χ3v) is 16.3. The van der Waals surface area contributed by atoms with E-state index < -0.39 is 18.2 Å². The van der Waals surface area contributed by atoms with Gasteiger partial charge in [0.25, 0.3) is 5.91 Å². The summed E-state index contributed by atoms with van der Waals surface area (Å²) in [5.41, 5.74) is 7.97. The Morgan fingerprint density at radius 2 is 1.35 bits per heavy atom. The van der Waals surface area contributed by atoms with Crippen LogP contribution in [0, 0.1) is 17.8 Å². The minimum Gasteiger partial charge on any atom is -0.453 e. The van der Waals surface area contributed by atoms with E-state index in [1.54, 1.807) is 0 Å². The van der Waals surface area contributed by atoms with Gasteiger partial charge in [-0.15, -0.1) is 0 Å². The van der Waals surface area contributed by atoms with Crippen molar-refractivity contribution in [2.45, 2.75) is 121 Å². The molecule has 0 unspecified atom stereocenters. The Balaban J connectivity index is 0.812. The predicted molar refractivity (Wildman–Crippen MR) is 266 cm³/mol. The maximum atomic E-state index is 15.0. The molecule has 0 radical (unpaired) electrons. The van der Waals surface area contributed by atoms with Gasteiger partial charge in [0.1, 0.15) is 23.7 Å². The Hall–Kier alpha value is -6.76. The van der Waals surface area contributed by atoms with E-state index >= 15 is 0 Å². The van der Waals surface area contributed by atoms with Crippen molar-refractivity contribution in [1.29, 1.82) is 0 Å². The Kier molecular flexibility index (Phi) is 10.9. The highest BCUT2D eigenvalue weighted by Gasteiger charge is 2.52. The van der Waals surface area contributed by atoms with Crippen molar-refractivity contribution in [2.24, 2.45) is 17.8 Å². The van der Waals surface area contributed by atoms with Crippen molar-refractivity contribution in [3.63, 3.8) is 0 Å². The molecule has 5 fully saturated rings. The first-order valence-corrected chi connectivity index (χ1v) is 25.3. The smallest absolute Gasteiger partial charge is 0.407 e. The molecule has 5 aliphatic rings. The van der Waals surface area contributed by atoms with E-state index in [-0.39, 0.29) is 47.7 Å². The van der Waals surface area contributed by atoms with Crippen LogP contribution in [0.1, 0.15) is 131 Å². The van der Waals surface area contributed by atoms with Crippen molar-refractivity contribution in [1.82, 2.24) is 40.4 Å². The van der Waals surface area contributed by atoms with Gasteiger partial charge in [0.05, 0.1) is 41.3 Å². The maximum Gasteiger partial charge on any atom is 0.407 e. The lowest BCUT2D eigenvalue weighted by atomic mass is 9.93. The van der Waals surface area contributed by atoms with Crippen LogP contribution < -0.4 is 10.6 Å². The third kappa shape index (κ3) is 7.78. The van der Waals surface area contributed by atoms with Gasteiger partial charge < -0.3 is 35.1 Å². The topological polar surface area (TPSA) is 165 Å². The summed E-state index contributed by atoms with van der Waals surface area (Å²) in [7, 11) is 1.30. The Morgan fingerprint density at radius 3 is 1.99 bits per heavy atom. The molecular formula is C56H60N8O5. The van der Waals surface area contributed by atoms with Crippen LogP contribution in [-0.4, -0.2) is 79.3 Å². The van der Waals surface area contributed by atoms with Crippen molar-refractivity contribution < 1.29 is 23.9 Å². The number of H-pyrrole nitrogens is 2.